The van der Waals surface area contributed by atoms with Crippen LogP contribution in [0.2, 0.25) is 0 Å². The van der Waals surface area contributed by atoms with Crippen LogP contribution in [0.15, 0.2) is 21.7 Å². The zero-order chi connectivity index (χ0) is 13.8. The normalized spacial score (nSPS) is 10.4. The molecule has 100 valence electrons. The van der Waals surface area contributed by atoms with Crippen molar-refractivity contribution in [1.82, 2.24) is 4.98 Å². The molecule has 0 aromatic carbocycles. The van der Waals surface area contributed by atoms with Crippen molar-refractivity contribution in [3.63, 3.8) is 0 Å². The van der Waals surface area contributed by atoms with Crippen molar-refractivity contribution in [2.45, 2.75) is 17.6 Å². The summed E-state index contributed by atoms with van der Waals surface area (Å²) in [5, 5.41) is 15.7. The molecule has 0 radical (unpaired) electrons. The number of hydrogen-bond acceptors (Lipinski definition) is 6. The zero-order valence-corrected chi connectivity index (χ0v) is 12.3. The van der Waals surface area contributed by atoms with Gasteiger partial charge in [-0.2, -0.15) is 0 Å². The molecule has 0 aliphatic heterocycles. The van der Waals surface area contributed by atoms with Gasteiger partial charge in [0.2, 0.25) is 5.91 Å². The van der Waals surface area contributed by atoms with E-state index in [0.717, 1.165) is 10.6 Å². The van der Waals surface area contributed by atoms with E-state index in [1.54, 1.807) is 6.07 Å². The van der Waals surface area contributed by atoms with Gasteiger partial charge in [-0.25, -0.2) is 9.78 Å². The second-order valence-electron chi connectivity index (χ2n) is 3.57. The summed E-state index contributed by atoms with van der Waals surface area (Å²) in [6.45, 7) is 1.44. The highest BCUT2D eigenvalue weighted by molar-refractivity contribution is 7.98. The smallest absolute Gasteiger partial charge is 0.345 e. The third-order valence-electron chi connectivity index (χ3n) is 2.01. The van der Waals surface area contributed by atoms with Gasteiger partial charge < -0.3 is 10.4 Å². The summed E-state index contributed by atoms with van der Waals surface area (Å²) >= 11 is 4.11. The number of carbonyl (C=O) groups excluding carboxylic acids is 1. The molecule has 0 fully saturated rings. The van der Waals surface area contributed by atoms with Crippen LogP contribution in [-0.2, 0) is 10.5 Å². The van der Waals surface area contributed by atoms with Gasteiger partial charge in [0.1, 0.15) is 4.88 Å². The molecule has 1 amide bonds. The molecule has 19 heavy (non-hydrogen) atoms. The van der Waals surface area contributed by atoms with Crippen LogP contribution in [0.4, 0.5) is 5.13 Å². The number of aromatic carboxylic acids is 1. The van der Waals surface area contributed by atoms with Gasteiger partial charge in [-0.3, -0.25) is 4.79 Å². The lowest BCUT2D eigenvalue weighted by Gasteiger charge is -1.95. The van der Waals surface area contributed by atoms with E-state index < -0.39 is 5.97 Å². The average molecular weight is 314 g/mol. The van der Waals surface area contributed by atoms with E-state index in [9.17, 15) is 9.59 Å². The highest BCUT2D eigenvalue weighted by atomic mass is 32.2. The zero-order valence-electron chi connectivity index (χ0n) is 9.87. The molecule has 8 heteroatoms. The molecule has 2 rings (SSSR count). The highest BCUT2D eigenvalue weighted by Gasteiger charge is 2.08. The van der Waals surface area contributed by atoms with Crippen molar-refractivity contribution in [3.8, 4) is 0 Å². The van der Waals surface area contributed by atoms with Gasteiger partial charge in [0.15, 0.2) is 5.13 Å². The van der Waals surface area contributed by atoms with E-state index in [1.165, 1.54) is 41.4 Å². The second-order valence-corrected chi connectivity index (χ2v) is 6.38. The Bertz CT molecular complexity index is 606. The first-order chi connectivity index (χ1) is 9.04. The molecule has 0 bridgehead atoms. The van der Waals surface area contributed by atoms with E-state index in [-0.39, 0.29) is 5.91 Å². The van der Waals surface area contributed by atoms with Gasteiger partial charge in [-0.05, 0) is 6.07 Å². The highest BCUT2D eigenvalue weighted by Crippen LogP contribution is 2.28. The number of thiazole rings is 1. The summed E-state index contributed by atoms with van der Waals surface area (Å²) in [5.41, 5.74) is 0.863. The predicted octanol–water partition coefficient (Wildman–Crippen LogP) is 3.15. The number of nitrogens with one attached hydrogen (secondary N) is 1. The van der Waals surface area contributed by atoms with Gasteiger partial charge >= 0.3 is 5.97 Å². The molecule has 5 nitrogen and oxygen atoms in total. The number of thioether (sulfide) groups is 1. The van der Waals surface area contributed by atoms with Crippen LogP contribution in [0.5, 0.6) is 0 Å². The minimum atomic E-state index is -0.904. The van der Waals surface area contributed by atoms with Crippen molar-refractivity contribution in [2.24, 2.45) is 0 Å². The summed E-state index contributed by atoms with van der Waals surface area (Å²) in [4.78, 5) is 27.1. The molecule has 2 aromatic heterocycles. The molecular formula is C11H10N2O3S3. The Kier molecular flexibility index (Phi) is 4.56. The van der Waals surface area contributed by atoms with Crippen LogP contribution in [0.25, 0.3) is 0 Å². The molecule has 2 N–H and O–H groups in total. The van der Waals surface area contributed by atoms with Crippen molar-refractivity contribution >= 4 is 51.4 Å². The number of anilines is 1. The molecule has 0 unspecified atom stereocenters. The molecule has 2 aromatic rings. The molecule has 0 saturated carbocycles. The lowest BCUT2D eigenvalue weighted by molar-refractivity contribution is -0.114. The van der Waals surface area contributed by atoms with Gasteiger partial charge in [0.05, 0.1) is 5.69 Å². The number of aromatic nitrogens is 1. The SMILES string of the molecule is CC(=O)Nc1nc(CSc2csc(C(=O)O)c2)cs1. The number of hydrogen-bond donors (Lipinski definition) is 2. The number of carboxylic acid groups (broad SMARTS) is 1. The molecule has 0 aliphatic rings. The number of nitrogens with zero attached hydrogens (tertiary/aromatic N) is 1. The van der Waals surface area contributed by atoms with Crippen molar-refractivity contribution < 1.29 is 14.7 Å². The predicted molar refractivity (Wildman–Crippen MR) is 77.3 cm³/mol. The van der Waals surface area contributed by atoms with E-state index in [1.807, 2.05) is 10.8 Å². The molecule has 0 aliphatic carbocycles. The number of amides is 1. The van der Waals surface area contributed by atoms with Crippen molar-refractivity contribution in [2.75, 3.05) is 5.32 Å². The summed E-state index contributed by atoms with van der Waals surface area (Å²) in [7, 11) is 0. The maximum absolute atomic E-state index is 10.9. The van der Waals surface area contributed by atoms with E-state index in [2.05, 4.69) is 10.3 Å². The Morgan fingerprint density at radius 2 is 2.21 bits per heavy atom. The number of carboxylic acids is 1. The third kappa shape index (κ3) is 4.05. The van der Waals surface area contributed by atoms with E-state index in [4.69, 9.17) is 5.11 Å². The second kappa shape index (κ2) is 6.18. The average Bonchev–Trinajstić information content (AvgIpc) is 2.94. The summed E-state index contributed by atoms with van der Waals surface area (Å²) in [6, 6.07) is 1.65. The summed E-state index contributed by atoms with van der Waals surface area (Å²) in [6.07, 6.45) is 0. The lowest BCUT2D eigenvalue weighted by atomic mass is 10.5. The first-order valence-corrected chi connectivity index (χ1v) is 7.95. The molecule has 0 spiro atoms. The molecule has 2 heterocycles. The maximum atomic E-state index is 10.9. The minimum Gasteiger partial charge on any atom is -0.477 e. The minimum absolute atomic E-state index is 0.141. The van der Waals surface area contributed by atoms with E-state index in [0.29, 0.717) is 15.8 Å². The molecule has 0 atom stereocenters. The van der Waals surface area contributed by atoms with Crippen molar-refractivity contribution in [3.05, 3.63) is 27.4 Å². The Hall–Kier alpha value is -1.38. The fourth-order valence-corrected chi connectivity index (χ4v) is 3.87. The molecule has 0 saturated heterocycles. The molecular weight excluding hydrogens is 304 g/mol. The van der Waals surface area contributed by atoms with Gasteiger partial charge in [-0.15, -0.1) is 34.4 Å². The van der Waals surface area contributed by atoms with Crippen LogP contribution in [0.1, 0.15) is 22.3 Å². The Morgan fingerprint density at radius 3 is 2.84 bits per heavy atom. The fraction of sp³-hybridized carbons (Fsp3) is 0.182. The standard InChI is InChI=1S/C11H10N2O3S3/c1-6(14)12-11-13-7(4-19-11)3-17-8-2-9(10(15)16)18-5-8/h2,4-5H,3H2,1H3,(H,15,16)(H,12,13,14). The fourth-order valence-electron chi connectivity index (χ4n) is 1.25. The topological polar surface area (TPSA) is 79.3 Å². The maximum Gasteiger partial charge on any atom is 0.345 e. The third-order valence-corrected chi connectivity index (χ3v) is 4.89. The van der Waals surface area contributed by atoms with Crippen LogP contribution in [-0.4, -0.2) is 22.0 Å². The van der Waals surface area contributed by atoms with Gasteiger partial charge in [0.25, 0.3) is 0 Å². The Balaban J connectivity index is 1.92. The van der Waals surface area contributed by atoms with Crippen LogP contribution in [0, 0.1) is 0 Å². The van der Waals surface area contributed by atoms with Crippen LogP contribution >= 0.6 is 34.4 Å². The largest absolute Gasteiger partial charge is 0.477 e. The van der Waals surface area contributed by atoms with Crippen molar-refractivity contribution in [1.29, 1.82) is 0 Å². The summed E-state index contributed by atoms with van der Waals surface area (Å²) < 4.78 is 0. The van der Waals surface area contributed by atoms with Crippen LogP contribution in [0.3, 0.4) is 0 Å². The quantitative estimate of drug-likeness (QED) is 0.829. The van der Waals surface area contributed by atoms with Crippen LogP contribution < -0.4 is 5.32 Å². The number of thiophene rings is 1. The Morgan fingerprint density at radius 1 is 1.42 bits per heavy atom. The number of carbonyl (C=O) groups is 2. The monoisotopic (exact) mass is 314 g/mol. The van der Waals surface area contributed by atoms with E-state index >= 15 is 0 Å². The number of rotatable bonds is 5. The summed E-state index contributed by atoms with van der Waals surface area (Å²) in [5.74, 6) is -0.401. The lowest BCUT2D eigenvalue weighted by Crippen LogP contribution is -2.05. The van der Waals surface area contributed by atoms with Gasteiger partial charge in [-0.1, -0.05) is 0 Å². The first kappa shape index (κ1) is 14.0. The first-order valence-electron chi connectivity index (χ1n) is 5.21. The Labute approximate surface area is 121 Å². The van der Waals surface area contributed by atoms with Gasteiger partial charge in [0, 0.05) is 28.3 Å².